The Morgan fingerprint density at radius 1 is 1.00 bits per heavy atom. The second-order valence-corrected chi connectivity index (χ2v) is 10.3. The maximum absolute atomic E-state index is 12.4. The molecule has 2 aromatic rings. The molecule has 0 aromatic heterocycles. The summed E-state index contributed by atoms with van der Waals surface area (Å²) in [5.41, 5.74) is 3.47. The first-order chi connectivity index (χ1) is 13.0. The van der Waals surface area contributed by atoms with Crippen LogP contribution in [0.15, 0.2) is 53.4 Å². The van der Waals surface area contributed by atoms with E-state index in [4.69, 9.17) is 0 Å². The maximum atomic E-state index is 12.4. The van der Waals surface area contributed by atoms with Gasteiger partial charge in [0.25, 0.3) is 0 Å². The molecule has 28 heavy (non-hydrogen) atoms. The fraction of sp³-hybridized carbons (Fsp3) is 0.435. The Morgan fingerprint density at radius 2 is 1.57 bits per heavy atom. The van der Waals surface area contributed by atoms with Crippen LogP contribution in [-0.2, 0) is 26.5 Å². The Morgan fingerprint density at radius 3 is 2.04 bits per heavy atom. The lowest BCUT2D eigenvalue weighted by atomic mass is 9.86. The Kier molecular flexibility index (Phi) is 7.05. The van der Waals surface area contributed by atoms with Crippen LogP contribution < -0.4 is 5.32 Å². The van der Waals surface area contributed by atoms with Crippen LogP contribution in [0.1, 0.15) is 63.3 Å². The number of aryl methyl sites for hydroxylation is 1. The summed E-state index contributed by atoms with van der Waals surface area (Å²) in [5.74, 6) is -0.000984. The van der Waals surface area contributed by atoms with E-state index in [0.29, 0.717) is 12.8 Å². The first-order valence-electron chi connectivity index (χ1n) is 9.69. The predicted octanol–water partition coefficient (Wildman–Crippen LogP) is 4.59. The lowest BCUT2D eigenvalue weighted by Gasteiger charge is -2.19. The van der Waals surface area contributed by atoms with Crippen molar-refractivity contribution in [3.8, 4) is 0 Å². The van der Waals surface area contributed by atoms with Gasteiger partial charge in [-0.25, -0.2) is 8.42 Å². The first kappa shape index (κ1) is 22.2. The Labute approximate surface area is 169 Å². The molecule has 0 heterocycles. The molecule has 1 amide bonds. The molecule has 1 atom stereocenters. The van der Waals surface area contributed by atoms with Crippen molar-refractivity contribution < 1.29 is 13.2 Å². The molecule has 1 N–H and O–H groups in total. The van der Waals surface area contributed by atoms with Crippen LogP contribution >= 0.6 is 0 Å². The topological polar surface area (TPSA) is 63.2 Å². The number of carbonyl (C=O) groups excluding carboxylic acids is 1. The van der Waals surface area contributed by atoms with Gasteiger partial charge in [-0.15, -0.1) is 0 Å². The molecule has 5 heteroatoms. The van der Waals surface area contributed by atoms with Crippen molar-refractivity contribution in [2.24, 2.45) is 0 Å². The lowest BCUT2D eigenvalue weighted by molar-refractivity contribution is -0.121. The van der Waals surface area contributed by atoms with Gasteiger partial charge < -0.3 is 5.32 Å². The number of sulfone groups is 1. The smallest absolute Gasteiger partial charge is 0.220 e. The van der Waals surface area contributed by atoms with Gasteiger partial charge in [-0.1, -0.05) is 64.1 Å². The minimum atomic E-state index is -3.21. The minimum absolute atomic E-state index is 0.000984. The third kappa shape index (κ3) is 6.20. The molecule has 2 rings (SSSR count). The van der Waals surface area contributed by atoms with Crippen molar-refractivity contribution in [2.45, 2.75) is 63.3 Å². The highest BCUT2D eigenvalue weighted by atomic mass is 32.2. The summed E-state index contributed by atoms with van der Waals surface area (Å²) in [4.78, 5) is 12.7. The van der Waals surface area contributed by atoms with E-state index in [-0.39, 0.29) is 22.3 Å². The van der Waals surface area contributed by atoms with Crippen LogP contribution in [0.5, 0.6) is 0 Å². The van der Waals surface area contributed by atoms with E-state index in [0.717, 1.165) is 17.5 Å². The van der Waals surface area contributed by atoms with Gasteiger partial charge in [0, 0.05) is 12.7 Å². The van der Waals surface area contributed by atoms with Crippen LogP contribution in [0.25, 0.3) is 0 Å². The number of amides is 1. The summed E-state index contributed by atoms with van der Waals surface area (Å²) in [6.07, 6.45) is 3.05. The molecule has 0 aliphatic carbocycles. The summed E-state index contributed by atoms with van der Waals surface area (Å²) in [5, 5.41) is 3.06. The van der Waals surface area contributed by atoms with Gasteiger partial charge in [0.2, 0.25) is 5.91 Å². The van der Waals surface area contributed by atoms with E-state index in [9.17, 15) is 13.2 Å². The molecule has 4 nitrogen and oxygen atoms in total. The Hall–Kier alpha value is -2.14. The average Bonchev–Trinajstić information content (AvgIpc) is 2.63. The van der Waals surface area contributed by atoms with Crippen molar-refractivity contribution in [3.05, 3.63) is 65.2 Å². The zero-order chi connectivity index (χ0) is 20.9. The summed E-state index contributed by atoms with van der Waals surface area (Å²) in [6, 6.07) is 15.1. The molecule has 0 radical (unpaired) electrons. The average molecular weight is 402 g/mol. The van der Waals surface area contributed by atoms with Crippen LogP contribution in [0.3, 0.4) is 0 Å². The molecule has 0 aliphatic heterocycles. The van der Waals surface area contributed by atoms with Crippen LogP contribution in [0.2, 0.25) is 0 Å². The van der Waals surface area contributed by atoms with E-state index >= 15 is 0 Å². The standard InChI is InChI=1S/C23H31NO3S/c1-6-21(18-10-14-20(15-11-18)28(5,26)27)24-22(25)16-9-17-7-12-19(13-8-17)23(2,3)4/h7-8,10-15,21H,6,9,16H2,1-5H3,(H,24,25). The fourth-order valence-corrected chi connectivity index (χ4v) is 3.69. The monoisotopic (exact) mass is 401 g/mol. The van der Waals surface area contributed by atoms with Gasteiger partial charge in [-0.2, -0.15) is 0 Å². The van der Waals surface area contributed by atoms with Gasteiger partial charge in [-0.05, 0) is 47.1 Å². The highest BCUT2D eigenvalue weighted by Crippen LogP contribution is 2.23. The number of rotatable bonds is 7. The summed E-state index contributed by atoms with van der Waals surface area (Å²) < 4.78 is 23.2. The van der Waals surface area contributed by atoms with Crippen molar-refractivity contribution >= 4 is 15.7 Å². The predicted molar refractivity (Wildman–Crippen MR) is 114 cm³/mol. The maximum Gasteiger partial charge on any atom is 0.220 e. The summed E-state index contributed by atoms with van der Waals surface area (Å²) in [7, 11) is -3.21. The molecule has 0 fully saturated rings. The van der Waals surface area contributed by atoms with Gasteiger partial charge in [0.15, 0.2) is 9.84 Å². The molecular weight excluding hydrogens is 370 g/mol. The van der Waals surface area contributed by atoms with E-state index in [1.54, 1.807) is 24.3 Å². The molecule has 0 spiro atoms. The van der Waals surface area contributed by atoms with Gasteiger partial charge >= 0.3 is 0 Å². The molecule has 1 unspecified atom stereocenters. The Balaban J connectivity index is 1.95. The molecule has 0 saturated carbocycles. The highest BCUT2D eigenvalue weighted by molar-refractivity contribution is 7.90. The van der Waals surface area contributed by atoms with E-state index in [1.165, 1.54) is 11.8 Å². The third-order valence-electron chi connectivity index (χ3n) is 4.91. The van der Waals surface area contributed by atoms with Crippen LogP contribution in [-0.4, -0.2) is 20.6 Å². The lowest BCUT2D eigenvalue weighted by Crippen LogP contribution is -2.28. The third-order valence-corrected chi connectivity index (χ3v) is 6.04. The van der Waals surface area contributed by atoms with E-state index in [1.807, 2.05) is 6.92 Å². The quantitative estimate of drug-likeness (QED) is 0.738. The summed E-state index contributed by atoms with van der Waals surface area (Å²) in [6.45, 7) is 8.55. The summed E-state index contributed by atoms with van der Waals surface area (Å²) >= 11 is 0. The fourth-order valence-electron chi connectivity index (χ4n) is 3.06. The molecule has 0 bridgehead atoms. The number of hydrogen-bond donors (Lipinski definition) is 1. The normalized spacial score (nSPS) is 13.2. The van der Waals surface area contributed by atoms with Gasteiger partial charge in [0.1, 0.15) is 0 Å². The molecule has 152 valence electrons. The zero-order valence-corrected chi connectivity index (χ0v) is 18.3. The van der Waals surface area contributed by atoms with Gasteiger partial charge in [0.05, 0.1) is 10.9 Å². The largest absolute Gasteiger partial charge is 0.349 e. The molecule has 2 aromatic carbocycles. The second kappa shape index (κ2) is 8.91. The highest BCUT2D eigenvalue weighted by Gasteiger charge is 2.15. The zero-order valence-electron chi connectivity index (χ0n) is 17.5. The van der Waals surface area contributed by atoms with Crippen molar-refractivity contribution in [1.82, 2.24) is 5.32 Å². The Bertz CT molecular complexity index is 892. The molecule has 0 saturated heterocycles. The minimum Gasteiger partial charge on any atom is -0.349 e. The van der Waals surface area contributed by atoms with Crippen molar-refractivity contribution in [1.29, 1.82) is 0 Å². The molecular formula is C23H31NO3S. The van der Waals surface area contributed by atoms with Gasteiger partial charge in [-0.3, -0.25) is 4.79 Å². The number of nitrogens with one attached hydrogen (secondary N) is 1. The van der Waals surface area contributed by atoms with E-state index < -0.39 is 9.84 Å². The van der Waals surface area contributed by atoms with Crippen LogP contribution in [0.4, 0.5) is 0 Å². The second-order valence-electron chi connectivity index (χ2n) is 8.32. The number of benzene rings is 2. The molecule has 0 aliphatic rings. The van der Waals surface area contributed by atoms with Crippen molar-refractivity contribution in [3.63, 3.8) is 0 Å². The SMILES string of the molecule is CCC(NC(=O)CCc1ccc(C(C)(C)C)cc1)c1ccc(S(C)(=O)=O)cc1. The van der Waals surface area contributed by atoms with Crippen molar-refractivity contribution in [2.75, 3.05) is 6.26 Å². The van der Waals surface area contributed by atoms with E-state index in [2.05, 4.69) is 50.4 Å². The first-order valence-corrected chi connectivity index (χ1v) is 11.6. The number of hydrogen-bond acceptors (Lipinski definition) is 3. The van der Waals surface area contributed by atoms with Crippen LogP contribution in [0, 0.1) is 0 Å². The number of carbonyl (C=O) groups is 1.